The van der Waals surface area contributed by atoms with E-state index in [1.165, 1.54) is 11.3 Å². The van der Waals surface area contributed by atoms with Crippen LogP contribution in [0.15, 0.2) is 6.33 Å². The molecule has 10 heteroatoms. The van der Waals surface area contributed by atoms with Gasteiger partial charge in [0.2, 0.25) is 12.2 Å². The van der Waals surface area contributed by atoms with E-state index >= 15 is 0 Å². The first kappa shape index (κ1) is 16.1. The third-order valence-electron chi connectivity index (χ3n) is 3.78. The maximum absolute atomic E-state index is 12.1. The summed E-state index contributed by atoms with van der Waals surface area (Å²) in [4.78, 5) is 26.6. The van der Waals surface area contributed by atoms with E-state index in [0.29, 0.717) is 10.6 Å². The van der Waals surface area contributed by atoms with Crippen molar-refractivity contribution in [3.05, 3.63) is 32.4 Å². The Balaban J connectivity index is 1.74. The van der Waals surface area contributed by atoms with Crippen molar-refractivity contribution in [2.24, 2.45) is 0 Å². The minimum Gasteiger partial charge on any atom is -0.390 e. The van der Waals surface area contributed by atoms with E-state index in [2.05, 4.69) is 21.5 Å². The topological polar surface area (TPSA) is 127 Å². The molecule has 0 radical (unpaired) electrons. The molecular formula is C14H14N6O3S. The second kappa shape index (κ2) is 6.76. The second-order valence-corrected chi connectivity index (χ2v) is 6.53. The zero-order valence-corrected chi connectivity index (χ0v) is 13.5. The normalized spacial score (nSPS) is 13.6. The van der Waals surface area contributed by atoms with Crippen molar-refractivity contribution in [1.29, 1.82) is 5.26 Å². The summed E-state index contributed by atoms with van der Waals surface area (Å²) in [5.41, 5.74) is 1.58. The molecule has 2 aromatic rings. The molecule has 9 nitrogen and oxygen atoms in total. The minimum atomic E-state index is -0.724. The smallest absolute Gasteiger partial charge is 0.390 e. The molecule has 1 aliphatic carbocycles. The highest BCUT2D eigenvalue weighted by molar-refractivity contribution is 7.16. The SMILES string of the molecule is N#Cc1c(NC(=O)Cn2cnc([N+](=O)[O-])n2)sc2c1CCCCC2. The predicted molar refractivity (Wildman–Crippen MR) is 85.6 cm³/mol. The number of fused-ring (bicyclic) bond motifs is 1. The van der Waals surface area contributed by atoms with E-state index in [1.807, 2.05) is 0 Å². The fraction of sp³-hybridized carbons (Fsp3) is 0.429. The molecule has 0 bridgehead atoms. The van der Waals surface area contributed by atoms with Crippen molar-refractivity contribution in [2.75, 3.05) is 5.32 Å². The van der Waals surface area contributed by atoms with Gasteiger partial charge in [-0.2, -0.15) is 9.94 Å². The van der Waals surface area contributed by atoms with E-state index in [1.54, 1.807) is 0 Å². The number of aryl methyl sites for hydroxylation is 1. The number of nitrogens with zero attached hydrogens (tertiary/aromatic N) is 5. The van der Waals surface area contributed by atoms with Crippen molar-refractivity contribution < 1.29 is 9.72 Å². The molecule has 0 aliphatic heterocycles. The van der Waals surface area contributed by atoms with Crippen molar-refractivity contribution in [2.45, 2.75) is 38.6 Å². The Hall–Kier alpha value is -2.80. The van der Waals surface area contributed by atoms with Crippen LogP contribution in [0.4, 0.5) is 10.9 Å². The van der Waals surface area contributed by atoms with Crippen LogP contribution in [-0.4, -0.2) is 25.6 Å². The fourth-order valence-electron chi connectivity index (χ4n) is 2.71. The molecule has 2 aromatic heterocycles. The van der Waals surface area contributed by atoms with Crippen molar-refractivity contribution in [3.8, 4) is 6.07 Å². The number of carbonyl (C=O) groups excluding carboxylic acids is 1. The van der Waals surface area contributed by atoms with E-state index in [-0.39, 0.29) is 6.54 Å². The number of hydrogen-bond donors (Lipinski definition) is 1. The summed E-state index contributed by atoms with van der Waals surface area (Å²) in [7, 11) is 0. The number of rotatable bonds is 4. The van der Waals surface area contributed by atoms with Crippen molar-refractivity contribution >= 4 is 28.2 Å². The highest BCUT2D eigenvalue weighted by Gasteiger charge is 2.22. The first-order valence-electron chi connectivity index (χ1n) is 7.47. The van der Waals surface area contributed by atoms with Gasteiger partial charge in [0.05, 0.1) is 5.56 Å². The Morgan fingerprint density at radius 2 is 2.25 bits per heavy atom. The van der Waals surface area contributed by atoms with Gasteiger partial charge in [-0.15, -0.1) is 11.3 Å². The largest absolute Gasteiger partial charge is 0.490 e. The van der Waals surface area contributed by atoms with E-state index in [9.17, 15) is 20.2 Å². The van der Waals surface area contributed by atoms with Gasteiger partial charge in [0.25, 0.3) is 0 Å². The van der Waals surface area contributed by atoms with Crippen LogP contribution in [0.3, 0.4) is 0 Å². The Morgan fingerprint density at radius 3 is 2.96 bits per heavy atom. The summed E-state index contributed by atoms with van der Waals surface area (Å²) >= 11 is 1.44. The summed E-state index contributed by atoms with van der Waals surface area (Å²) < 4.78 is 1.10. The Labute approximate surface area is 141 Å². The maximum atomic E-state index is 12.1. The quantitative estimate of drug-likeness (QED) is 0.512. The summed E-state index contributed by atoms with van der Waals surface area (Å²) in [5, 5.41) is 26.8. The van der Waals surface area contributed by atoms with Gasteiger partial charge in [-0.1, -0.05) is 11.4 Å². The minimum absolute atomic E-state index is 0.200. The molecule has 0 saturated carbocycles. The number of amides is 1. The third kappa shape index (κ3) is 3.26. The van der Waals surface area contributed by atoms with Crippen LogP contribution in [-0.2, 0) is 24.2 Å². The lowest BCUT2D eigenvalue weighted by molar-refractivity contribution is -0.394. The van der Waals surface area contributed by atoms with Crippen molar-refractivity contribution in [1.82, 2.24) is 14.8 Å². The van der Waals surface area contributed by atoms with E-state index in [0.717, 1.165) is 53.6 Å². The lowest BCUT2D eigenvalue weighted by Gasteiger charge is -2.02. The van der Waals surface area contributed by atoms with Gasteiger partial charge >= 0.3 is 5.95 Å². The summed E-state index contributed by atoms with van der Waals surface area (Å²) in [6.07, 6.45) is 6.22. The highest BCUT2D eigenvalue weighted by atomic mass is 32.1. The Bertz CT molecular complexity index is 834. The zero-order valence-electron chi connectivity index (χ0n) is 12.7. The average molecular weight is 346 g/mol. The summed E-state index contributed by atoms with van der Waals surface area (Å²) in [5.74, 6) is -0.953. The van der Waals surface area contributed by atoms with Gasteiger partial charge in [0, 0.05) is 9.98 Å². The number of thiophene rings is 1. The highest BCUT2D eigenvalue weighted by Crippen LogP contribution is 2.36. The molecule has 3 rings (SSSR count). The van der Waals surface area contributed by atoms with Crippen LogP contribution in [0, 0.1) is 21.4 Å². The molecule has 24 heavy (non-hydrogen) atoms. The third-order valence-corrected chi connectivity index (χ3v) is 4.99. The van der Waals surface area contributed by atoms with Crippen LogP contribution >= 0.6 is 11.3 Å². The molecule has 0 spiro atoms. The lowest BCUT2D eigenvalue weighted by atomic mass is 10.1. The molecule has 0 unspecified atom stereocenters. The number of carbonyl (C=O) groups is 1. The number of nitrogens with one attached hydrogen (secondary N) is 1. The van der Waals surface area contributed by atoms with Gasteiger partial charge in [-0.3, -0.25) is 4.79 Å². The van der Waals surface area contributed by atoms with Gasteiger partial charge in [-0.25, -0.2) is 0 Å². The Morgan fingerprint density at radius 1 is 1.46 bits per heavy atom. The molecular weight excluding hydrogens is 332 g/mol. The van der Waals surface area contributed by atoms with Gasteiger partial charge in [0.1, 0.15) is 17.6 Å². The van der Waals surface area contributed by atoms with Gasteiger partial charge < -0.3 is 15.4 Å². The Kier molecular flexibility index (Phi) is 4.52. The van der Waals surface area contributed by atoms with Crippen LogP contribution < -0.4 is 5.32 Å². The first-order chi connectivity index (χ1) is 11.6. The number of aromatic nitrogens is 3. The summed E-state index contributed by atoms with van der Waals surface area (Å²) in [6, 6.07) is 2.19. The monoisotopic (exact) mass is 346 g/mol. The number of hydrogen-bond acceptors (Lipinski definition) is 7. The number of nitriles is 1. The zero-order chi connectivity index (χ0) is 17.1. The van der Waals surface area contributed by atoms with Gasteiger partial charge in [-0.05, 0) is 36.2 Å². The first-order valence-corrected chi connectivity index (χ1v) is 8.28. The second-order valence-electron chi connectivity index (χ2n) is 5.43. The van der Waals surface area contributed by atoms with Gasteiger partial charge in [0.15, 0.2) is 0 Å². The van der Waals surface area contributed by atoms with Crippen molar-refractivity contribution in [3.63, 3.8) is 0 Å². The molecule has 1 amide bonds. The molecule has 124 valence electrons. The molecule has 0 fully saturated rings. The fourth-order valence-corrected chi connectivity index (χ4v) is 3.96. The van der Waals surface area contributed by atoms with Crippen LogP contribution in [0.1, 0.15) is 35.3 Å². The van der Waals surface area contributed by atoms with Crippen LogP contribution in [0.5, 0.6) is 0 Å². The lowest BCUT2D eigenvalue weighted by Crippen LogP contribution is -2.19. The molecule has 0 atom stereocenters. The predicted octanol–water partition coefficient (Wildman–Crippen LogP) is 2.03. The summed E-state index contributed by atoms with van der Waals surface area (Å²) in [6.45, 7) is -0.200. The van der Waals surface area contributed by atoms with E-state index in [4.69, 9.17) is 0 Å². The molecule has 0 saturated heterocycles. The van der Waals surface area contributed by atoms with Crippen LogP contribution in [0.25, 0.3) is 0 Å². The standard InChI is InChI=1S/C14H14N6O3S/c15-6-10-9-4-2-1-3-5-11(9)24-13(10)17-12(21)7-19-8-16-14(18-19)20(22)23/h8H,1-5,7H2,(H,17,21). The number of anilines is 1. The van der Waals surface area contributed by atoms with E-state index < -0.39 is 16.8 Å². The maximum Gasteiger partial charge on any atom is 0.490 e. The average Bonchev–Trinajstić information content (AvgIpc) is 3.05. The molecule has 0 aromatic carbocycles. The molecule has 1 N–H and O–H groups in total. The van der Waals surface area contributed by atoms with Crippen LogP contribution in [0.2, 0.25) is 0 Å². The molecule has 2 heterocycles. The number of nitro groups is 1. The molecule has 1 aliphatic rings.